The number of carbonyl (C=O) groups excluding carboxylic acids is 1. The highest BCUT2D eigenvalue weighted by Gasteiger charge is 2.12. The lowest BCUT2D eigenvalue weighted by Gasteiger charge is -2.10. The van der Waals surface area contributed by atoms with E-state index in [4.69, 9.17) is 0 Å². The van der Waals surface area contributed by atoms with Gasteiger partial charge in [0, 0.05) is 18.9 Å². The topological polar surface area (TPSA) is 65.6 Å². The first-order chi connectivity index (χ1) is 9.72. The van der Waals surface area contributed by atoms with E-state index in [1.54, 1.807) is 16.7 Å². The highest BCUT2D eigenvalue weighted by Crippen LogP contribution is 2.13. The van der Waals surface area contributed by atoms with Gasteiger partial charge < -0.3 is 9.14 Å². The molecule has 0 saturated carbocycles. The molecule has 6 heteroatoms. The van der Waals surface area contributed by atoms with Crippen molar-refractivity contribution >= 4 is 22.6 Å². The molecular weight excluding hydrogens is 258 g/mol. The van der Waals surface area contributed by atoms with Crippen LogP contribution in [0.2, 0.25) is 0 Å². The second-order valence-corrected chi connectivity index (χ2v) is 4.39. The number of aromatic nitrogens is 3. The molecule has 0 radical (unpaired) electrons. The van der Waals surface area contributed by atoms with Crippen molar-refractivity contribution in [3.8, 4) is 0 Å². The van der Waals surface area contributed by atoms with Crippen LogP contribution in [0.5, 0.6) is 0 Å². The number of rotatable bonds is 3. The monoisotopic (exact) mass is 271 g/mol. The SMILES string of the molecule is COC(=O)CCn1c(=O)c2cccn2c2cccnc21. The van der Waals surface area contributed by atoms with E-state index in [9.17, 15) is 9.59 Å². The maximum Gasteiger partial charge on any atom is 0.307 e. The number of ether oxygens (including phenoxy) is 1. The van der Waals surface area contributed by atoms with Crippen molar-refractivity contribution in [1.82, 2.24) is 14.0 Å². The maximum absolute atomic E-state index is 12.5. The zero-order valence-corrected chi connectivity index (χ0v) is 10.9. The molecule has 0 atom stereocenters. The Morgan fingerprint density at radius 3 is 2.90 bits per heavy atom. The van der Waals surface area contributed by atoms with Crippen LogP contribution in [0.4, 0.5) is 0 Å². The number of pyridine rings is 1. The molecule has 0 saturated heterocycles. The molecule has 3 rings (SSSR count). The number of hydrogen-bond donors (Lipinski definition) is 0. The normalized spacial score (nSPS) is 11.1. The van der Waals surface area contributed by atoms with Gasteiger partial charge in [0.1, 0.15) is 5.52 Å². The van der Waals surface area contributed by atoms with E-state index in [-0.39, 0.29) is 24.5 Å². The zero-order valence-electron chi connectivity index (χ0n) is 10.9. The Morgan fingerprint density at radius 1 is 1.30 bits per heavy atom. The molecule has 0 bridgehead atoms. The van der Waals surface area contributed by atoms with Crippen LogP contribution in [0, 0.1) is 0 Å². The number of nitrogens with zero attached hydrogens (tertiary/aromatic N) is 3. The van der Waals surface area contributed by atoms with Crippen LogP contribution >= 0.6 is 0 Å². The first-order valence-electron chi connectivity index (χ1n) is 6.24. The molecule has 0 aliphatic carbocycles. The van der Waals surface area contributed by atoms with Gasteiger partial charge in [-0.2, -0.15) is 0 Å². The summed E-state index contributed by atoms with van der Waals surface area (Å²) in [5.41, 5.74) is 1.79. The summed E-state index contributed by atoms with van der Waals surface area (Å²) in [6, 6.07) is 7.28. The largest absolute Gasteiger partial charge is 0.469 e. The smallest absolute Gasteiger partial charge is 0.307 e. The van der Waals surface area contributed by atoms with Crippen molar-refractivity contribution in [1.29, 1.82) is 0 Å². The number of methoxy groups -OCH3 is 1. The minimum atomic E-state index is -0.351. The second-order valence-electron chi connectivity index (χ2n) is 4.39. The van der Waals surface area contributed by atoms with Gasteiger partial charge in [-0.1, -0.05) is 0 Å². The van der Waals surface area contributed by atoms with E-state index in [1.807, 2.05) is 24.4 Å². The Labute approximate surface area is 114 Å². The van der Waals surface area contributed by atoms with Gasteiger partial charge in [0.05, 0.1) is 19.0 Å². The summed E-state index contributed by atoms with van der Waals surface area (Å²) in [4.78, 5) is 28.0. The number of esters is 1. The van der Waals surface area contributed by atoms with Gasteiger partial charge in [-0.15, -0.1) is 0 Å². The number of fused-ring (bicyclic) bond motifs is 3. The van der Waals surface area contributed by atoms with E-state index >= 15 is 0 Å². The fourth-order valence-electron chi connectivity index (χ4n) is 2.30. The molecule has 0 N–H and O–H groups in total. The molecule has 20 heavy (non-hydrogen) atoms. The summed E-state index contributed by atoms with van der Waals surface area (Å²) in [6.45, 7) is 0.251. The number of hydrogen-bond acceptors (Lipinski definition) is 4. The van der Waals surface area contributed by atoms with Crippen LogP contribution in [0.3, 0.4) is 0 Å². The Balaban J connectivity index is 2.24. The molecule has 6 nitrogen and oxygen atoms in total. The summed E-state index contributed by atoms with van der Waals surface area (Å²) >= 11 is 0. The highest BCUT2D eigenvalue weighted by molar-refractivity contribution is 5.75. The molecule has 0 amide bonds. The average molecular weight is 271 g/mol. The van der Waals surface area contributed by atoms with Gasteiger partial charge in [0.2, 0.25) is 0 Å². The Hall–Kier alpha value is -2.63. The average Bonchev–Trinajstić information content (AvgIpc) is 2.96. The summed E-state index contributed by atoms with van der Waals surface area (Å²) in [5.74, 6) is -0.351. The number of carbonyl (C=O) groups is 1. The summed E-state index contributed by atoms with van der Waals surface area (Å²) in [6.07, 6.45) is 3.59. The molecule has 3 heterocycles. The molecule has 102 valence electrons. The van der Waals surface area contributed by atoms with Crippen molar-refractivity contribution in [3.63, 3.8) is 0 Å². The summed E-state index contributed by atoms with van der Waals surface area (Å²) < 4.78 is 7.94. The number of aryl methyl sites for hydroxylation is 1. The highest BCUT2D eigenvalue weighted by atomic mass is 16.5. The lowest BCUT2D eigenvalue weighted by molar-refractivity contribution is -0.140. The predicted octanol–water partition coefficient (Wildman–Crippen LogP) is 1.21. The molecule has 0 aliphatic rings. The van der Waals surface area contributed by atoms with Crippen molar-refractivity contribution in [3.05, 3.63) is 47.0 Å². The van der Waals surface area contributed by atoms with Crippen molar-refractivity contribution in [2.24, 2.45) is 0 Å². The lowest BCUT2D eigenvalue weighted by atomic mass is 10.3. The van der Waals surface area contributed by atoms with Crippen LogP contribution in [-0.2, 0) is 16.1 Å². The minimum absolute atomic E-state index is 0.138. The molecule has 0 unspecified atom stereocenters. The van der Waals surface area contributed by atoms with Crippen LogP contribution in [-0.4, -0.2) is 27.0 Å². The van der Waals surface area contributed by atoms with Gasteiger partial charge in [-0.25, -0.2) is 4.98 Å². The first kappa shape index (κ1) is 12.4. The Morgan fingerprint density at radius 2 is 2.10 bits per heavy atom. The predicted molar refractivity (Wildman–Crippen MR) is 73.6 cm³/mol. The van der Waals surface area contributed by atoms with E-state index in [1.165, 1.54) is 11.7 Å². The Bertz CT molecular complexity index is 848. The maximum atomic E-state index is 12.5. The second kappa shape index (κ2) is 4.80. The van der Waals surface area contributed by atoms with Crippen molar-refractivity contribution in [2.75, 3.05) is 7.11 Å². The van der Waals surface area contributed by atoms with Crippen LogP contribution < -0.4 is 5.56 Å². The molecule has 0 spiro atoms. The summed E-state index contributed by atoms with van der Waals surface area (Å²) in [5, 5.41) is 0. The van der Waals surface area contributed by atoms with Crippen LogP contribution in [0.15, 0.2) is 41.5 Å². The van der Waals surface area contributed by atoms with Crippen LogP contribution in [0.25, 0.3) is 16.7 Å². The van der Waals surface area contributed by atoms with E-state index in [0.29, 0.717) is 11.2 Å². The molecule has 3 aromatic rings. The fraction of sp³-hybridized carbons (Fsp3) is 0.214. The molecular formula is C14H13N3O3. The fourth-order valence-corrected chi connectivity index (χ4v) is 2.30. The molecule has 0 aromatic carbocycles. The standard InChI is InChI=1S/C14H13N3O3/c1-20-12(18)6-9-17-13-10(4-2-7-15-13)16-8-3-5-11(16)14(17)19/h2-5,7-8H,6,9H2,1H3. The van der Waals surface area contributed by atoms with E-state index < -0.39 is 0 Å². The van der Waals surface area contributed by atoms with Crippen molar-refractivity contribution < 1.29 is 9.53 Å². The molecule has 3 aromatic heterocycles. The van der Waals surface area contributed by atoms with Crippen molar-refractivity contribution in [2.45, 2.75) is 13.0 Å². The lowest BCUT2D eigenvalue weighted by Crippen LogP contribution is -2.24. The summed E-state index contributed by atoms with van der Waals surface area (Å²) in [7, 11) is 1.33. The quantitative estimate of drug-likeness (QED) is 0.672. The molecule has 0 aliphatic heterocycles. The third-order valence-corrected chi connectivity index (χ3v) is 3.26. The van der Waals surface area contributed by atoms with E-state index in [2.05, 4.69) is 9.72 Å². The first-order valence-corrected chi connectivity index (χ1v) is 6.24. The van der Waals surface area contributed by atoms with E-state index in [0.717, 1.165) is 5.52 Å². The van der Waals surface area contributed by atoms with Gasteiger partial charge in [-0.05, 0) is 24.3 Å². The minimum Gasteiger partial charge on any atom is -0.469 e. The zero-order chi connectivity index (χ0) is 14.1. The van der Waals surface area contributed by atoms with Gasteiger partial charge in [-0.3, -0.25) is 14.2 Å². The van der Waals surface area contributed by atoms with Gasteiger partial charge in [0.15, 0.2) is 5.65 Å². The van der Waals surface area contributed by atoms with Crippen LogP contribution in [0.1, 0.15) is 6.42 Å². The van der Waals surface area contributed by atoms with Gasteiger partial charge in [0.25, 0.3) is 5.56 Å². The third kappa shape index (κ3) is 1.85. The molecule has 0 fully saturated rings. The third-order valence-electron chi connectivity index (χ3n) is 3.26. The Kier molecular flexibility index (Phi) is 2.98. The van der Waals surface area contributed by atoms with Gasteiger partial charge >= 0.3 is 5.97 Å².